The molecule has 2 unspecified atom stereocenters. The SMILES string of the molecule is O=C1CCCCCC1N1CCOCC1C(=O)NC1CC1. The Hall–Kier alpha value is -0.940. The van der Waals surface area contributed by atoms with Crippen molar-refractivity contribution in [2.75, 3.05) is 19.8 Å². The second-order valence-corrected chi connectivity index (χ2v) is 6.19. The molecule has 20 heavy (non-hydrogen) atoms. The van der Waals surface area contributed by atoms with Crippen molar-refractivity contribution in [1.29, 1.82) is 0 Å². The Morgan fingerprint density at radius 3 is 2.85 bits per heavy atom. The zero-order valence-electron chi connectivity index (χ0n) is 12.0. The molecule has 0 bridgehead atoms. The van der Waals surface area contributed by atoms with Gasteiger partial charge in [0, 0.05) is 19.0 Å². The number of morpholine rings is 1. The summed E-state index contributed by atoms with van der Waals surface area (Å²) >= 11 is 0. The average Bonchev–Trinajstić information content (AvgIpc) is 3.27. The third-order valence-electron chi connectivity index (χ3n) is 4.57. The molecule has 0 aromatic carbocycles. The maximum atomic E-state index is 12.4. The molecule has 5 nitrogen and oxygen atoms in total. The fourth-order valence-electron chi connectivity index (χ4n) is 3.23. The summed E-state index contributed by atoms with van der Waals surface area (Å²) < 4.78 is 5.48. The topological polar surface area (TPSA) is 58.6 Å². The van der Waals surface area contributed by atoms with Crippen LogP contribution in [-0.4, -0.2) is 54.5 Å². The van der Waals surface area contributed by atoms with Crippen molar-refractivity contribution in [3.05, 3.63) is 0 Å². The van der Waals surface area contributed by atoms with Crippen LogP contribution in [0.4, 0.5) is 0 Å². The van der Waals surface area contributed by atoms with E-state index in [1.54, 1.807) is 0 Å². The van der Waals surface area contributed by atoms with Crippen LogP contribution in [0.5, 0.6) is 0 Å². The van der Waals surface area contributed by atoms with Crippen molar-refractivity contribution in [2.24, 2.45) is 0 Å². The van der Waals surface area contributed by atoms with Crippen molar-refractivity contribution in [3.8, 4) is 0 Å². The molecule has 3 fully saturated rings. The first-order valence-corrected chi connectivity index (χ1v) is 7.92. The average molecular weight is 280 g/mol. The molecule has 0 radical (unpaired) electrons. The molecular weight excluding hydrogens is 256 g/mol. The van der Waals surface area contributed by atoms with Crippen molar-refractivity contribution in [3.63, 3.8) is 0 Å². The van der Waals surface area contributed by atoms with Crippen LogP contribution in [0.15, 0.2) is 0 Å². The van der Waals surface area contributed by atoms with E-state index in [0.29, 0.717) is 38.0 Å². The lowest BCUT2D eigenvalue weighted by atomic mass is 10.0. The van der Waals surface area contributed by atoms with Gasteiger partial charge in [0.15, 0.2) is 0 Å². The van der Waals surface area contributed by atoms with Gasteiger partial charge in [-0.3, -0.25) is 14.5 Å². The number of carbonyl (C=O) groups excluding carboxylic acids is 2. The molecule has 1 saturated heterocycles. The van der Waals surface area contributed by atoms with Gasteiger partial charge in [-0.2, -0.15) is 0 Å². The first-order chi connectivity index (χ1) is 9.75. The number of Topliss-reactive ketones (excluding diaryl/α,β-unsaturated/α-hetero) is 1. The minimum atomic E-state index is -0.281. The maximum Gasteiger partial charge on any atom is 0.239 e. The van der Waals surface area contributed by atoms with E-state index in [1.165, 1.54) is 0 Å². The van der Waals surface area contributed by atoms with Crippen molar-refractivity contribution in [2.45, 2.75) is 63.1 Å². The molecule has 1 amide bonds. The van der Waals surface area contributed by atoms with E-state index in [0.717, 1.165) is 38.5 Å². The van der Waals surface area contributed by atoms with Gasteiger partial charge < -0.3 is 10.1 Å². The largest absolute Gasteiger partial charge is 0.378 e. The quantitative estimate of drug-likeness (QED) is 0.779. The minimum Gasteiger partial charge on any atom is -0.378 e. The second-order valence-electron chi connectivity index (χ2n) is 6.19. The van der Waals surface area contributed by atoms with Crippen LogP contribution >= 0.6 is 0 Å². The Labute approximate surface area is 120 Å². The summed E-state index contributed by atoms with van der Waals surface area (Å²) in [7, 11) is 0. The van der Waals surface area contributed by atoms with Gasteiger partial charge in [-0.05, 0) is 25.7 Å². The number of carbonyl (C=O) groups is 2. The van der Waals surface area contributed by atoms with E-state index < -0.39 is 0 Å². The van der Waals surface area contributed by atoms with Gasteiger partial charge in [0.05, 0.1) is 19.3 Å². The number of hydrogen-bond donors (Lipinski definition) is 1. The smallest absolute Gasteiger partial charge is 0.239 e. The Balaban J connectivity index is 1.69. The Bertz CT molecular complexity index is 381. The number of amides is 1. The predicted molar refractivity (Wildman–Crippen MR) is 74.4 cm³/mol. The Morgan fingerprint density at radius 2 is 2.05 bits per heavy atom. The van der Waals surface area contributed by atoms with Crippen LogP contribution in [-0.2, 0) is 14.3 Å². The van der Waals surface area contributed by atoms with Gasteiger partial charge in [-0.1, -0.05) is 12.8 Å². The van der Waals surface area contributed by atoms with Crippen LogP contribution < -0.4 is 5.32 Å². The van der Waals surface area contributed by atoms with E-state index >= 15 is 0 Å². The molecular formula is C15H24N2O3. The molecule has 2 saturated carbocycles. The molecule has 2 atom stereocenters. The molecule has 1 aliphatic heterocycles. The lowest BCUT2D eigenvalue weighted by molar-refractivity contribution is -0.139. The highest BCUT2D eigenvalue weighted by molar-refractivity contribution is 5.87. The monoisotopic (exact) mass is 280 g/mol. The molecule has 0 spiro atoms. The minimum absolute atomic E-state index is 0.0456. The highest BCUT2D eigenvalue weighted by Gasteiger charge is 2.38. The fraction of sp³-hybridized carbons (Fsp3) is 0.867. The third-order valence-corrected chi connectivity index (χ3v) is 4.57. The standard InChI is InChI=1S/C15H24N2O3/c18-14-5-3-1-2-4-12(14)17-8-9-20-10-13(17)15(19)16-11-6-7-11/h11-13H,1-10H2,(H,16,19). The summed E-state index contributed by atoms with van der Waals surface area (Å²) in [5, 5.41) is 3.05. The van der Waals surface area contributed by atoms with E-state index in [1.807, 2.05) is 0 Å². The number of ether oxygens (including phenoxy) is 1. The zero-order chi connectivity index (χ0) is 13.9. The van der Waals surface area contributed by atoms with Gasteiger partial charge in [0.1, 0.15) is 11.8 Å². The summed E-state index contributed by atoms with van der Waals surface area (Å²) in [4.78, 5) is 26.8. The summed E-state index contributed by atoms with van der Waals surface area (Å²) in [6.45, 7) is 1.73. The molecule has 1 heterocycles. The van der Waals surface area contributed by atoms with Crippen LogP contribution in [0.25, 0.3) is 0 Å². The first kappa shape index (κ1) is 14.0. The van der Waals surface area contributed by atoms with Crippen LogP contribution in [0.1, 0.15) is 44.9 Å². The molecule has 3 rings (SSSR count). The lowest BCUT2D eigenvalue weighted by Crippen LogP contribution is -2.59. The molecule has 3 aliphatic rings. The van der Waals surface area contributed by atoms with E-state index in [4.69, 9.17) is 4.74 Å². The molecule has 0 aromatic heterocycles. The maximum absolute atomic E-state index is 12.4. The van der Waals surface area contributed by atoms with Crippen LogP contribution in [0.2, 0.25) is 0 Å². The molecule has 0 aromatic rings. The van der Waals surface area contributed by atoms with Gasteiger partial charge in [-0.25, -0.2) is 0 Å². The van der Waals surface area contributed by atoms with Crippen molar-refractivity contribution >= 4 is 11.7 Å². The Morgan fingerprint density at radius 1 is 1.20 bits per heavy atom. The van der Waals surface area contributed by atoms with Gasteiger partial charge >= 0.3 is 0 Å². The summed E-state index contributed by atoms with van der Waals surface area (Å²) in [6, 6.07) is 0.00358. The third kappa shape index (κ3) is 3.20. The first-order valence-electron chi connectivity index (χ1n) is 7.92. The van der Waals surface area contributed by atoms with Crippen LogP contribution in [0, 0.1) is 0 Å². The summed E-state index contributed by atoms with van der Waals surface area (Å²) in [5.74, 6) is 0.359. The number of hydrogen-bond acceptors (Lipinski definition) is 4. The summed E-state index contributed by atoms with van der Waals surface area (Å²) in [5.41, 5.74) is 0. The van der Waals surface area contributed by atoms with E-state index in [2.05, 4.69) is 10.2 Å². The van der Waals surface area contributed by atoms with E-state index in [9.17, 15) is 9.59 Å². The number of nitrogens with one attached hydrogen (secondary N) is 1. The van der Waals surface area contributed by atoms with Gasteiger partial charge in [-0.15, -0.1) is 0 Å². The highest BCUT2D eigenvalue weighted by atomic mass is 16.5. The van der Waals surface area contributed by atoms with Gasteiger partial charge in [0.25, 0.3) is 0 Å². The second kappa shape index (κ2) is 6.22. The zero-order valence-corrected chi connectivity index (χ0v) is 12.0. The fourth-order valence-corrected chi connectivity index (χ4v) is 3.23. The van der Waals surface area contributed by atoms with Crippen LogP contribution in [0.3, 0.4) is 0 Å². The normalized spacial score (nSPS) is 32.7. The lowest BCUT2D eigenvalue weighted by Gasteiger charge is -2.39. The molecule has 112 valence electrons. The molecule has 2 aliphatic carbocycles. The molecule has 5 heteroatoms. The predicted octanol–water partition coefficient (Wildman–Crippen LogP) is 0.868. The number of rotatable bonds is 3. The highest BCUT2D eigenvalue weighted by Crippen LogP contribution is 2.24. The summed E-state index contributed by atoms with van der Waals surface area (Å²) in [6.07, 6.45) is 6.95. The number of ketones is 1. The van der Waals surface area contributed by atoms with Gasteiger partial charge in [0.2, 0.25) is 5.91 Å². The van der Waals surface area contributed by atoms with Crippen molar-refractivity contribution in [1.82, 2.24) is 10.2 Å². The Kier molecular flexibility index (Phi) is 4.36. The molecule has 1 N–H and O–H groups in total. The number of nitrogens with zero attached hydrogens (tertiary/aromatic N) is 1. The van der Waals surface area contributed by atoms with Crippen molar-refractivity contribution < 1.29 is 14.3 Å². The van der Waals surface area contributed by atoms with E-state index in [-0.39, 0.29) is 18.0 Å².